The number of nitrogens with one attached hydrogen (secondary N) is 2. The third-order valence-corrected chi connectivity index (χ3v) is 3.04. The van der Waals surface area contributed by atoms with Gasteiger partial charge in [-0.05, 0) is 25.5 Å². The van der Waals surface area contributed by atoms with Crippen LogP contribution in [-0.4, -0.2) is 44.6 Å². The Bertz CT molecular complexity index is 596. The molecule has 0 aromatic carbocycles. The molecule has 21 heavy (non-hydrogen) atoms. The van der Waals surface area contributed by atoms with Crippen LogP contribution in [0.5, 0.6) is 0 Å². The van der Waals surface area contributed by atoms with Crippen LogP contribution in [0.2, 0.25) is 0 Å². The van der Waals surface area contributed by atoms with Gasteiger partial charge in [-0.3, -0.25) is 9.89 Å². The van der Waals surface area contributed by atoms with Gasteiger partial charge in [0.25, 0.3) is 5.91 Å². The number of nitrogens with zero attached hydrogens (tertiary/aromatic N) is 4. The van der Waals surface area contributed by atoms with Crippen molar-refractivity contribution in [3.8, 4) is 0 Å². The van der Waals surface area contributed by atoms with Gasteiger partial charge in [0.1, 0.15) is 18.0 Å². The number of amides is 1. The fourth-order valence-corrected chi connectivity index (χ4v) is 1.99. The predicted molar refractivity (Wildman–Crippen MR) is 80.0 cm³/mol. The summed E-state index contributed by atoms with van der Waals surface area (Å²) < 4.78 is 0. The normalized spacial score (nSPS) is 10.4. The zero-order chi connectivity index (χ0) is 15.2. The van der Waals surface area contributed by atoms with Gasteiger partial charge in [0, 0.05) is 24.8 Å². The lowest BCUT2D eigenvalue weighted by Gasteiger charge is -2.16. The number of hydrogen-bond donors (Lipinski definition) is 2. The number of aryl methyl sites for hydroxylation is 1. The molecule has 0 atom stereocenters. The van der Waals surface area contributed by atoms with Gasteiger partial charge in [-0.2, -0.15) is 5.10 Å². The summed E-state index contributed by atoms with van der Waals surface area (Å²) in [5, 5.41) is 9.68. The summed E-state index contributed by atoms with van der Waals surface area (Å²) in [6.07, 6.45) is 2.21. The van der Waals surface area contributed by atoms with Crippen molar-refractivity contribution in [3.05, 3.63) is 35.5 Å². The molecule has 0 aliphatic rings. The Morgan fingerprint density at radius 1 is 1.38 bits per heavy atom. The summed E-state index contributed by atoms with van der Waals surface area (Å²) >= 11 is 0. The Morgan fingerprint density at radius 2 is 2.19 bits per heavy atom. The fraction of sp³-hybridized carbons (Fsp3) is 0.429. The molecule has 112 valence electrons. The van der Waals surface area contributed by atoms with Gasteiger partial charge in [-0.15, -0.1) is 0 Å². The van der Waals surface area contributed by atoms with E-state index in [0.717, 1.165) is 24.5 Å². The minimum Gasteiger partial charge on any atom is -0.370 e. The van der Waals surface area contributed by atoms with Crippen molar-refractivity contribution in [1.29, 1.82) is 0 Å². The molecule has 2 N–H and O–H groups in total. The molecule has 0 fully saturated rings. The van der Waals surface area contributed by atoms with E-state index in [1.807, 2.05) is 19.9 Å². The highest BCUT2D eigenvalue weighted by molar-refractivity contribution is 5.94. The molecule has 7 heteroatoms. The standard InChI is InChI=1S/C14H20N6O/c1-4-11-6-10(7-12(18-11)15-5-2)14(21)20(3)8-13-16-9-17-19-13/h6-7,9H,4-5,8H2,1-3H3,(H,15,18)(H,16,17,19). The maximum Gasteiger partial charge on any atom is 0.254 e. The van der Waals surface area contributed by atoms with E-state index in [4.69, 9.17) is 0 Å². The van der Waals surface area contributed by atoms with Crippen molar-refractivity contribution in [3.63, 3.8) is 0 Å². The van der Waals surface area contributed by atoms with Crippen molar-refractivity contribution in [2.45, 2.75) is 26.8 Å². The second-order valence-corrected chi connectivity index (χ2v) is 4.71. The van der Waals surface area contributed by atoms with Crippen molar-refractivity contribution in [2.24, 2.45) is 0 Å². The van der Waals surface area contributed by atoms with Crippen LogP contribution in [0.4, 0.5) is 5.82 Å². The van der Waals surface area contributed by atoms with Gasteiger partial charge in [0.2, 0.25) is 0 Å². The second-order valence-electron chi connectivity index (χ2n) is 4.71. The number of carbonyl (C=O) groups excluding carboxylic acids is 1. The highest BCUT2D eigenvalue weighted by Crippen LogP contribution is 2.14. The molecule has 2 aromatic heterocycles. The molecule has 2 aromatic rings. The third kappa shape index (κ3) is 3.77. The number of rotatable bonds is 6. The van der Waals surface area contributed by atoms with E-state index in [1.54, 1.807) is 18.0 Å². The summed E-state index contributed by atoms with van der Waals surface area (Å²) in [7, 11) is 1.74. The lowest BCUT2D eigenvalue weighted by atomic mass is 10.1. The van der Waals surface area contributed by atoms with Crippen molar-refractivity contribution >= 4 is 11.7 Å². The molecule has 0 saturated carbocycles. The van der Waals surface area contributed by atoms with E-state index in [9.17, 15) is 4.79 Å². The minimum atomic E-state index is -0.0670. The van der Waals surface area contributed by atoms with E-state index < -0.39 is 0 Å². The predicted octanol–water partition coefficient (Wildman–Crippen LogP) is 1.47. The number of aromatic nitrogens is 4. The number of aromatic amines is 1. The Labute approximate surface area is 123 Å². The quantitative estimate of drug-likeness (QED) is 0.840. The minimum absolute atomic E-state index is 0.0670. The monoisotopic (exact) mass is 288 g/mol. The van der Waals surface area contributed by atoms with Crippen LogP contribution in [0.15, 0.2) is 18.5 Å². The SMILES string of the molecule is CCNc1cc(C(=O)N(C)Cc2ncn[nH]2)cc(CC)n1. The van der Waals surface area contributed by atoms with Gasteiger partial charge >= 0.3 is 0 Å². The Morgan fingerprint density at radius 3 is 2.81 bits per heavy atom. The number of anilines is 1. The summed E-state index contributed by atoms with van der Waals surface area (Å²) in [6, 6.07) is 3.61. The molecular weight excluding hydrogens is 268 g/mol. The molecule has 0 aliphatic heterocycles. The first-order valence-electron chi connectivity index (χ1n) is 6.98. The molecule has 0 bridgehead atoms. The van der Waals surface area contributed by atoms with Crippen molar-refractivity contribution in [2.75, 3.05) is 18.9 Å². The molecule has 0 unspecified atom stereocenters. The first-order chi connectivity index (χ1) is 10.1. The van der Waals surface area contributed by atoms with Crippen LogP contribution in [0.25, 0.3) is 0 Å². The van der Waals surface area contributed by atoms with E-state index in [2.05, 4.69) is 25.5 Å². The lowest BCUT2D eigenvalue weighted by molar-refractivity contribution is 0.0781. The first-order valence-corrected chi connectivity index (χ1v) is 6.98. The van der Waals surface area contributed by atoms with Gasteiger partial charge in [0.15, 0.2) is 0 Å². The second kappa shape index (κ2) is 6.83. The van der Waals surface area contributed by atoms with Gasteiger partial charge in [-0.1, -0.05) is 6.92 Å². The van der Waals surface area contributed by atoms with Gasteiger partial charge < -0.3 is 10.2 Å². The van der Waals surface area contributed by atoms with Crippen molar-refractivity contribution in [1.82, 2.24) is 25.1 Å². The topological polar surface area (TPSA) is 86.8 Å². The number of carbonyl (C=O) groups is 1. The van der Waals surface area contributed by atoms with Gasteiger partial charge in [-0.25, -0.2) is 9.97 Å². The molecule has 0 aliphatic carbocycles. The molecule has 2 heterocycles. The highest BCUT2D eigenvalue weighted by Gasteiger charge is 2.15. The van der Waals surface area contributed by atoms with Crippen LogP contribution in [0, 0.1) is 0 Å². The fourth-order valence-electron chi connectivity index (χ4n) is 1.99. The Hall–Kier alpha value is -2.44. The number of hydrogen-bond acceptors (Lipinski definition) is 5. The average Bonchev–Trinajstić information content (AvgIpc) is 2.99. The van der Waals surface area contributed by atoms with Crippen LogP contribution in [-0.2, 0) is 13.0 Å². The molecule has 0 saturated heterocycles. The van der Waals surface area contributed by atoms with Crippen LogP contribution in [0.3, 0.4) is 0 Å². The highest BCUT2D eigenvalue weighted by atomic mass is 16.2. The van der Waals surface area contributed by atoms with Crippen LogP contribution in [0.1, 0.15) is 35.7 Å². The number of pyridine rings is 1. The summed E-state index contributed by atoms with van der Waals surface area (Å²) in [4.78, 5) is 22.6. The number of H-pyrrole nitrogens is 1. The lowest BCUT2D eigenvalue weighted by Crippen LogP contribution is -2.27. The molecule has 2 rings (SSSR count). The van der Waals surface area contributed by atoms with Crippen LogP contribution >= 0.6 is 0 Å². The Balaban J connectivity index is 2.18. The molecule has 0 spiro atoms. The van der Waals surface area contributed by atoms with Crippen LogP contribution < -0.4 is 5.32 Å². The van der Waals surface area contributed by atoms with E-state index in [1.165, 1.54) is 6.33 Å². The molecule has 7 nitrogen and oxygen atoms in total. The molecular formula is C14H20N6O. The summed E-state index contributed by atoms with van der Waals surface area (Å²) in [5.41, 5.74) is 1.52. The molecule has 0 radical (unpaired) electrons. The maximum atomic E-state index is 12.5. The third-order valence-electron chi connectivity index (χ3n) is 3.04. The van der Waals surface area contributed by atoms with Crippen molar-refractivity contribution < 1.29 is 4.79 Å². The largest absolute Gasteiger partial charge is 0.370 e. The average molecular weight is 288 g/mol. The Kier molecular flexibility index (Phi) is 4.86. The van der Waals surface area contributed by atoms with E-state index in [-0.39, 0.29) is 5.91 Å². The first kappa shape index (κ1) is 15.0. The zero-order valence-electron chi connectivity index (χ0n) is 12.6. The zero-order valence-corrected chi connectivity index (χ0v) is 12.6. The summed E-state index contributed by atoms with van der Waals surface area (Å²) in [5.74, 6) is 1.32. The van der Waals surface area contributed by atoms with E-state index >= 15 is 0 Å². The smallest absolute Gasteiger partial charge is 0.254 e. The van der Waals surface area contributed by atoms with Gasteiger partial charge in [0.05, 0.1) is 6.54 Å². The summed E-state index contributed by atoms with van der Waals surface area (Å²) in [6.45, 7) is 5.17. The van der Waals surface area contributed by atoms with E-state index in [0.29, 0.717) is 17.9 Å². The maximum absolute atomic E-state index is 12.5. The molecule has 1 amide bonds.